The molecular formula is C13H12ClFN2. The van der Waals surface area contributed by atoms with Gasteiger partial charge in [-0.3, -0.25) is 0 Å². The van der Waals surface area contributed by atoms with Gasteiger partial charge in [-0.05, 0) is 37.0 Å². The van der Waals surface area contributed by atoms with Gasteiger partial charge in [0.25, 0.3) is 0 Å². The Kier molecular flexibility index (Phi) is 2.63. The molecular weight excluding hydrogens is 239 g/mol. The van der Waals surface area contributed by atoms with Crippen molar-refractivity contribution in [1.82, 2.24) is 4.98 Å². The largest absolute Gasteiger partial charge is 0.382 e. The Morgan fingerprint density at radius 2 is 2.12 bits per heavy atom. The van der Waals surface area contributed by atoms with E-state index >= 15 is 0 Å². The van der Waals surface area contributed by atoms with E-state index in [1.54, 1.807) is 12.1 Å². The van der Waals surface area contributed by atoms with Crippen molar-refractivity contribution in [3.05, 3.63) is 35.4 Å². The number of hydrogen-bond donors (Lipinski definition) is 1. The molecule has 0 unspecified atom stereocenters. The summed E-state index contributed by atoms with van der Waals surface area (Å²) in [5, 5.41) is 4.67. The third-order valence-corrected chi connectivity index (χ3v) is 3.41. The van der Waals surface area contributed by atoms with E-state index in [1.165, 1.54) is 19.0 Å². The van der Waals surface area contributed by atoms with Gasteiger partial charge in [0.05, 0.1) is 5.69 Å². The predicted octanol–water partition coefficient (Wildman–Crippen LogP) is 3.85. The maximum absolute atomic E-state index is 14.2. The summed E-state index contributed by atoms with van der Waals surface area (Å²) in [6.45, 7) is 0.848. The Labute approximate surface area is 104 Å². The molecule has 4 heteroatoms. The van der Waals surface area contributed by atoms with Crippen LogP contribution in [0.4, 0.5) is 10.1 Å². The summed E-state index contributed by atoms with van der Waals surface area (Å²) in [7, 11) is 0. The average Bonchev–Trinajstić information content (AvgIpc) is 3.13. The Balaban J connectivity index is 1.99. The van der Waals surface area contributed by atoms with Crippen LogP contribution in [0.5, 0.6) is 0 Å². The molecule has 2 nitrogen and oxygen atoms in total. The van der Waals surface area contributed by atoms with Crippen LogP contribution >= 0.6 is 11.6 Å². The van der Waals surface area contributed by atoms with Gasteiger partial charge in [-0.15, -0.1) is 0 Å². The van der Waals surface area contributed by atoms with Crippen LogP contribution in [0, 0.1) is 11.7 Å². The third-order valence-electron chi connectivity index (χ3n) is 3.11. The van der Waals surface area contributed by atoms with Gasteiger partial charge in [-0.1, -0.05) is 11.6 Å². The number of benzene rings is 1. The Bertz CT molecular complexity index is 567. The maximum Gasteiger partial charge on any atom is 0.154 e. The summed E-state index contributed by atoms with van der Waals surface area (Å²) in [5.41, 5.74) is 0.548. The van der Waals surface area contributed by atoms with E-state index in [1.807, 2.05) is 6.07 Å². The number of anilines is 1. The van der Waals surface area contributed by atoms with Crippen molar-refractivity contribution >= 4 is 28.1 Å². The minimum atomic E-state index is -0.243. The summed E-state index contributed by atoms with van der Waals surface area (Å²) >= 11 is 5.92. The Morgan fingerprint density at radius 1 is 1.29 bits per heavy atom. The van der Waals surface area contributed by atoms with Crippen molar-refractivity contribution in [3.63, 3.8) is 0 Å². The van der Waals surface area contributed by atoms with Gasteiger partial charge in [0.2, 0.25) is 0 Å². The van der Waals surface area contributed by atoms with Crippen LogP contribution in [0.1, 0.15) is 12.8 Å². The minimum Gasteiger partial charge on any atom is -0.382 e. The number of halogens is 2. The third kappa shape index (κ3) is 2.07. The standard InChI is InChI=1S/C13H12ClFN2/c14-13-10-3-4-11(17-7-8-1-2-8)12(15)9(10)5-6-16-13/h3-6,8,17H,1-2,7H2. The number of hydrogen-bond acceptors (Lipinski definition) is 2. The van der Waals surface area contributed by atoms with Crippen molar-refractivity contribution in [2.45, 2.75) is 12.8 Å². The second-order valence-electron chi connectivity index (χ2n) is 4.45. The van der Waals surface area contributed by atoms with Crippen LogP contribution in [-0.4, -0.2) is 11.5 Å². The number of pyridine rings is 1. The molecule has 1 aromatic heterocycles. The SMILES string of the molecule is Fc1c(NCC2CC2)ccc2c(Cl)nccc12. The number of fused-ring (bicyclic) bond motifs is 1. The number of aromatic nitrogens is 1. The van der Waals surface area contributed by atoms with Crippen LogP contribution in [0.25, 0.3) is 10.8 Å². The normalized spacial score (nSPS) is 15.2. The molecule has 0 spiro atoms. The van der Waals surface area contributed by atoms with E-state index in [0.29, 0.717) is 27.5 Å². The highest BCUT2D eigenvalue weighted by Crippen LogP contribution is 2.31. The first kappa shape index (κ1) is 10.8. The fourth-order valence-corrected chi connectivity index (χ4v) is 2.12. The van der Waals surface area contributed by atoms with E-state index < -0.39 is 0 Å². The molecule has 88 valence electrons. The van der Waals surface area contributed by atoms with Gasteiger partial charge in [0, 0.05) is 23.5 Å². The van der Waals surface area contributed by atoms with Gasteiger partial charge in [-0.2, -0.15) is 0 Å². The molecule has 1 saturated carbocycles. The molecule has 0 bridgehead atoms. The van der Waals surface area contributed by atoms with Crippen LogP contribution < -0.4 is 5.32 Å². The summed E-state index contributed by atoms with van der Waals surface area (Å²) < 4.78 is 14.2. The Hall–Kier alpha value is -1.35. The molecule has 2 aromatic rings. The lowest BCUT2D eigenvalue weighted by Crippen LogP contribution is -2.05. The van der Waals surface area contributed by atoms with Crippen LogP contribution in [0.2, 0.25) is 5.15 Å². The molecule has 0 saturated heterocycles. The summed E-state index contributed by atoms with van der Waals surface area (Å²) in [6, 6.07) is 5.19. The van der Waals surface area contributed by atoms with Crippen molar-refractivity contribution in [3.8, 4) is 0 Å². The highest BCUT2D eigenvalue weighted by atomic mass is 35.5. The Morgan fingerprint density at radius 3 is 2.88 bits per heavy atom. The highest BCUT2D eigenvalue weighted by Gasteiger charge is 2.21. The van der Waals surface area contributed by atoms with Crippen LogP contribution in [0.15, 0.2) is 24.4 Å². The van der Waals surface area contributed by atoms with Gasteiger partial charge >= 0.3 is 0 Å². The number of nitrogens with zero attached hydrogens (tertiary/aromatic N) is 1. The van der Waals surface area contributed by atoms with Crippen LogP contribution in [-0.2, 0) is 0 Å². The molecule has 17 heavy (non-hydrogen) atoms. The predicted molar refractivity (Wildman–Crippen MR) is 67.9 cm³/mol. The minimum absolute atomic E-state index is 0.243. The summed E-state index contributed by atoms with van der Waals surface area (Å²) in [6.07, 6.45) is 4.02. The first-order valence-corrected chi connectivity index (χ1v) is 6.10. The summed E-state index contributed by atoms with van der Waals surface area (Å²) in [4.78, 5) is 3.94. The lowest BCUT2D eigenvalue weighted by molar-refractivity contribution is 0.641. The van der Waals surface area contributed by atoms with Crippen LogP contribution in [0.3, 0.4) is 0 Å². The molecule has 0 atom stereocenters. The molecule has 1 N–H and O–H groups in total. The van der Waals surface area contributed by atoms with E-state index in [2.05, 4.69) is 10.3 Å². The molecule has 1 aromatic carbocycles. The first-order chi connectivity index (χ1) is 8.25. The van der Waals surface area contributed by atoms with Gasteiger partial charge in [0.1, 0.15) is 5.15 Å². The molecule has 0 amide bonds. The second-order valence-corrected chi connectivity index (χ2v) is 4.81. The molecule has 3 rings (SSSR count). The number of rotatable bonds is 3. The second kappa shape index (κ2) is 4.15. The topological polar surface area (TPSA) is 24.9 Å². The number of nitrogens with one attached hydrogen (secondary N) is 1. The maximum atomic E-state index is 14.2. The van der Waals surface area contributed by atoms with E-state index in [4.69, 9.17) is 11.6 Å². The molecule has 1 heterocycles. The molecule has 0 aliphatic heterocycles. The monoisotopic (exact) mass is 250 g/mol. The zero-order valence-corrected chi connectivity index (χ0v) is 9.97. The first-order valence-electron chi connectivity index (χ1n) is 5.72. The van der Waals surface area contributed by atoms with Gasteiger partial charge in [-0.25, -0.2) is 9.37 Å². The van der Waals surface area contributed by atoms with E-state index in [9.17, 15) is 4.39 Å². The quantitative estimate of drug-likeness (QED) is 0.837. The van der Waals surface area contributed by atoms with Gasteiger partial charge < -0.3 is 5.32 Å². The van der Waals surface area contributed by atoms with E-state index in [-0.39, 0.29) is 5.82 Å². The van der Waals surface area contributed by atoms with Crippen molar-refractivity contribution in [2.24, 2.45) is 5.92 Å². The molecule has 0 radical (unpaired) electrons. The fourth-order valence-electron chi connectivity index (χ4n) is 1.90. The lowest BCUT2D eigenvalue weighted by atomic mass is 10.1. The average molecular weight is 251 g/mol. The van der Waals surface area contributed by atoms with Crippen molar-refractivity contribution in [2.75, 3.05) is 11.9 Å². The van der Waals surface area contributed by atoms with E-state index in [0.717, 1.165) is 6.54 Å². The summed E-state index contributed by atoms with van der Waals surface area (Å²) in [5.74, 6) is 0.471. The fraction of sp³-hybridized carbons (Fsp3) is 0.308. The zero-order chi connectivity index (χ0) is 11.8. The molecule has 1 fully saturated rings. The van der Waals surface area contributed by atoms with Crippen molar-refractivity contribution < 1.29 is 4.39 Å². The molecule has 1 aliphatic rings. The van der Waals surface area contributed by atoms with Gasteiger partial charge in [0.15, 0.2) is 5.82 Å². The zero-order valence-electron chi connectivity index (χ0n) is 9.21. The smallest absolute Gasteiger partial charge is 0.154 e. The lowest BCUT2D eigenvalue weighted by Gasteiger charge is -2.09. The highest BCUT2D eigenvalue weighted by molar-refractivity contribution is 6.34. The molecule has 1 aliphatic carbocycles. The van der Waals surface area contributed by atoms with Crippen molar-refractivity contribution in [1.29, 1.82) is 0 Å².